The molecule has 0 spiro atoms. The fraction of sp³-hybridized carbons (Fsp3) is 0.474. The van der Waals surface area contributed by atoms with Gasteiger partial charge in [-0.15, -0.1) is 0 Å². The molecule has 7 heteroatoms. The number of ketones is 1. The largest absolute Gasteiger partial charge is 0.461 e. The second-order valence-corrected chi connectivity index (χ2v) is 6.35. The molecule has 140 valence electrons. The summed E-state index contributed by atoms with van der Waals surface area (Å²) in [6, 6.07) is 0. The summed E-state index contributed by atoms with van der Waals surface area (Å²) in [7, 11) is 0. The summed E-state index contributed by atoms with van der Waals surface area (Å²) >= 11 is 0. The van der Waals surface area contributed by atoms with Crippen LogP contribution in [-0.2, 0) is 33.4 Å². The third kappa shape index (κ3) is 4.68. The molecule has 0 saturated carbocycles. The quantitative estimate of drug-likeness (QED) is 0.328. The van der Waals surface area contributed by atoms with E-state index in [4.69, 9.17) is 14.2 Å². The summed E-state index contributed by atoms with van der Waals surface area (Å²) in [5.74, 6) is -1.77. The summed E-state index contributed by atoms with van der Waals surface area (Å²) in [4.78, 5) is 46.9. The van der Waals surface area contributed by atoms with Gasteiger partial charge in [0.2, 0.25) is 0 Å². The fourth-order valence-electron chi connectivity index (χ4n) is 2.89. The molecule has 0 fully saturated rings. The number of hydrogen-bond acceptors (Lipinski definition) is 7. The summed E-state index contributed by atoms with van der Waals surface area (Å²) < 4.78 is 15.6. The molecule has 1 aliphatic carbocycles. The van der Waals surface area contributed by atoms with E-state index in [1.54, 1.807) is 13.0 Å². The van der Waals surface area contributed by atoms with Crippen LogP contribution in [0.2, 0.25) is 0 Å². The van der Waals surface area contributed by atoms with E-state index in [-0.39, 0.29) is 24.4 Å². The van der Waals surface area contributed by atoms with Crippen molar-refractivity contribution in [1.29, 1.82) is 0 Å². The van der Waals surface area contributed by atoms with Crippen molar-refractivity contribution in [1.82, 2.24) is 0 Å². The van der Waals surface area contributed by atoms with E-state index < -0.39 is 30.1 Å². The molecule has 2 aliphatic rings. The number of carbonyl (C=O) groups is 4. The van der Waals surface area contributed by atoms with Crippen molar-refractivity contribution in [2.45, 2.75) is 52.2 Å². The van der Waals surface area contributed by atoms with Crippen molar-refractivity contribution in [2.75, 3.05) is 6.61 Å². The van der Waals surface area contributed by atoms with E-state index in [0.29, 0.717) is 29.6 Å². The summed E-state index contributed by atoms with van der Waals surface area (Å²) in [6.45, 7) is 7.85. The van der Waals surface area contributed by atoms with Gasteiger partial charge < -0.3 is 14.2 Å². The molecule has 1 aliphatic heterocycles. The van der Waals surface area contributed by atoms with Crippen LogP contribution in [0.3, 0.4) is 0 Å². The third-order valence-electron chi connectivity index (χ3n) is 4.32. The first-order valence-corrected chi connectivity index (χ1v) is 8.31. The molecular formula is C19H22O7. The lowest BCUT2D eigenvalue weighted by Gasteiger charge is -2.21. The first-order chi connectivity index (χ1) is 12.2. The number of Topliss-reactive ketones (excluding diaryl/α,β-unsaturated/α-hetero) is 1. The lowest BCUT2D eigenvalue weighted by molar-refractivity contribution is -0.146. The smallest absolute Gasteiger partial charge is 0.338 e. The van der Waals surface area contributed by atoms with Gasteiger partial charge >= 0.3 is 17.9 Å². The Morgan fingerprint density at radius 3 is 2.54 bits per heavy atom. The Kier molecular flexibility index (Phi) is 6.13. The van der Waals surface area contributed by atoms with Gasteiger partial charge in [0.1, 0.15) is 18.8 Å². The van der Waals surface area contributed by atoms with Crippen LogP contribution in [0.5, 0.6) is 0 Å². The minimum absolute atomic E-state index is 0.000759. The van der Waals surface area contributed by atoms with Crippen LogP contribution in [-0.4, -0.2) is 42.5 Å². The van der Waals surface area contributed by atoms with Crippen LogP contribution in [0.1, 0.15) is 40.0 Å². The Hall–Kier alpha value is -2.70. The van der Waals surface area contributed by atoms with Crippen molar-refractivity contribution in [2.24, 2.45) is 0 Å². The third-order valence-corrected chi connectivity index (χ3v) is 4.32. The molecule has 0 aromatic heterocycles. The molecule has 0 radical (unpaired) electrons. The highest BCUT2D eigenvalue weighted by atomic mass is 16.6. The van der Waals surface area contributed by atoms with Gasteiger partial charge in [-0.05, 0) is 42.6 Å². The van der Waals surface area contributed by atoms with Crippen LogP contribution < -0.4 is 0 Å². The van der Waals surface area contributed by atoms with Crippen molar-refractivity contribution >= 4 is 23.7 Å². The van der Waals surface area contributed by atoms with Crippen LogP contribution in [0.15, 0.2) is 34.9 Å². The second-order valence-electron chi connectivity index (χ2n) is 6.35. The van der Waals surface area contributed by atoms with E-state index in [0.717, 1.165) is 0 Å². The average molecular weight is 362 g/mol. The number of hydrogen-bond donors (Lipinski definition) is 0. The molecular weight excluding hydrogens is 340 g/mol. The van der Waals surface area contributed by atoms with Gasteiger partial charge in [0, 0.05) is 13.8 Å². The molecule has 2 atom stereocenters. The van der Waals surface area contributed by atoms with E-state index in [9.17, 15) is 19.2 Å². The molecule has 0 saturated heterocycles. The van der Waals surface area contributed by atoms with Gasteiger partial charge in [-0.3, -0.25) is 14.4 Å². The molecule has 0 bridgehead atoms. The van der Waals surface area contributed by atoms with Crippen LogP contribution in [0.4, 0.5) is 0 Å². The maximum absolute atomic E-state index is 12.3. The summed E-state index contributed by atoms with van der Waals surface area (Å²) in [5.41, 5.74) is 1.91. The molecule has 2 rings (SSSR count). The maximum atomic E-state index is 12.3. The second kappa shape index (κ2) is 8.12. The van der Waals surface area contributed by atoms with Crippen molar-refractivity contribution in [3.05, 3.63) is 34.9 Å². The zero-order valence-corrected chi connectivity index (χ0v) is 15.1. The molecule has 0 N–H and O–H groups in total. The Labute approximate surface area is 151 Å². The number of rotatable bonds is 3. The standard InChI is InChI=1S/C19H22O7/c1-10-5-6-14-15(9-24-12(3)20)19(23)26-18(14)7-11(2)17(8-16(10)22)25-13(4)21/h7,17-18H,1,5-6,8-9H2,2-4H3/b11-7-/t17-,18+/m0/s1. The molecule has 0 unspecified atom stereocenters. The Bertz CT molecular complexity index is 726. The van der Waals surface area contributed by atoms with Gasteiger partial charge in [-0.2, -0.15) is 0 Å². The van der Waals surface area contributed by atoms with E-state index >= 15 is 0 Å². The molecule has 0 aromatic rings. The highest BCUT2D eigenvalue weighted by Gasteiger charge is 2.35. The van der Waals surface area contributed by atoms with E-state index in [2.05, 4.69) is 6.58 Å². The van der Waals surface area contributed by atoms with Crippen molar-refractivity contribution < 1.29 is 33.4 Å². The van der Waals surface area contributed by atoms with Crippen LogP contribution in [0, 0.1) is 0 Å². The highest BCUT2D eigenvalue weighted by molar-refractivity contribution is 5.96. The van der Waals surface area contributed by atoms with Crippen LogP contribution in [0.25, 0.3) is 0 Å². The molecule has 7 nitrogen and oxygen atoms in total. The maximum Gasteiger partial charge on any atom is 0.338 e. The Balaban J connectivity index is 2.41. The molecule has 26 heavy (non-hydrogen) atoms. The zero-order valence-electron chi connectivity index (χ0n) is 15.1. The number of ether oxygens (including phenoxy) is 3. The van der Waals surface area contributed by atoms with Crippen molar-refractivity contribution in [3.8, 4) is 0 Å². The molecule has 0 aromatic carbocycles. The number of allylic oxidation sites excluding steroid dienone is 1. The predicted molar refractivity (Wildman–Crippen MR) is 90.8 cm³/mol. The first-order valence-electron chi connectivity index (χ1n) is 8.31. The van der Waals surface area contributed by atoms with E-state index in [1.165, 1.54) is 13.8 Å². The minimum atomic E-state index is -0.743. The van der Waals surface area contributed by atoms with E-state index in [1.807, 2.05) is 0 Å². The topological polar surface area (TPSA) is 96.0 Å². The molecule has 1 heterocycles. The molecule has 0 amide bonds. The fourth-order valence-corrected chi connectivity index (χ4v) is 2.89. The summed E-state index contributed by atoms with van der Waals surface area (Å²) in [5, 5.41) is 0. The monoisotopic (exact) mass is 362 g/mol. The minimum Gasteiger partial charge on any atom is -0.461 e. The number of esters is 3. The normalized spacial score (nSPS) is 25.8. The van der Waals surface area contributed by atoms with Gasteiger partial charge in [-0.25, -0.2) is 4.79 Å². The average Bonchev–Trinajstić information content (AvgIpc) is 2.83. The van der Waals surface area contributed by atoms with Crippen LogP contribution >= 0.6 is 0 Å². The number of fused-ring (bicyclic) bond motifs is 1. The summed E-state index contributed by atoms with van der Waals surface area (Å²) in [6.07, 6.45) is 1.01. The lowest BCUT2D eigenvalue weighted by atomic mass is 9.90. The lowest BCUT2D eigenvalue weighted by Crippen LogP contribution is -2.25. The van der Waals surface area contributed by atoms with Crippen molar-refractivity contribution in [3.63, 3.8) is 0 Å². The Morgan fingerprint density at radius 2 is 1.92 bits per heavy atom. The predicted octanol–water partition coefficient (Wildman–Crippen LogP) is 1.96. The first kappa shape index (κ1) is 19.6. The van der Waals surface area contributed by atoms with Gasteiger partial charge in [0.05, 0.1) is 12.0 Å². The SMILES string of the molecule is C=C1CCC2=C(COC(C)=O)C(=O)O[C@@H]2/C=C(/C)[C@@H](OC(C)=O)CC1=O. The zero-order chi connectivity index (χ0) is 19.4. The van der Waals surface area contributed by atoms with Gasteiger partial charge in [-0.1, -0.05) is 6.58 Å². The van der Waals surface area contributed by atoms with Gasteiger partial charge in [0.25, 0.3) is 0 Å². The highest BCUT2D eigenvalue weighted by Crippen LogP contribution is 2.32. The van der Waals surface area contributed by atoms with Gasteiger partial charge in [0.15, 0.2) is 5.78 Å². The number of carbonyl (C=O) groups excluding carboxylic acids is 4. The Morgan fingerprint density at radius 1 is 1.23 bits per heavy atom.